The minimum Gasteiger partial charge on any atom is -0.423 e. The van der Waals surface area contributed by atoms with Crippen LogP contribution in [0.2, 0.25) is 0 Å². The fraction of sp³-hybridized carbons (Fsp3) is 0.444. The van der Waals surface area contributed by atoms with Gasteiger partial charge in [0, 0.05) is 12.7 Å². The molecule has 2 rings (SSSR count). The smallest absolute Gasteiger partial charge is 0.336 e. The van der Waals surface area contributed by atoms with E-state index in [4.69, 9.17) is 14.2 Å². The number of carbonyl (C=O) groups excluding carboxylic acids is 1. The van der Waals surface area contributed by atoms with Gasteiger partial charge in [-0.15, -0.1) is 0 Å². The molecular weight excluding hydrogens is 172 g/mol. The highest BCUT2D eigenvalue weighted by atomic mass is 16.7. The van der Waals surface area contributed by atoms with Gasteiger partial charge in [-0.05, 0) is 13.0 Å². The second-order valence-corrected chi connectivity index (χ2v) is 2.71. The number of carbonyl (C=O) groups is 1. The summed E-state index contributed by atoms with van der Waals surface area (Å²) in [5, 5.41) is 0. The van der Waals surface area contributed by atoms with Gasteiger partial charge in [0.25, 0.3) is 0 Å². The normalized spacial score (nSPS) is 26.2. The number of hydrogen-bond donors (Lipinski definition) is 0. The average Bonchev–Trinajstić information content (AvgIpc) is 2.47. The lowest BCUT2D eigenvalue weighted by atomic mass is 10.2. The zero-order valence-electron chi connectivity index (χ0n) is 7.28. The maximum absolute atomic E-state index is 10.9. The summed E-state index contributed by atoms with van der Waals surface area (Å²) in [7, 11) is 0. The van der Waals surface area contributed by atoms with Gasteiger partial charge in [0.1, 0.15) is 5.76 Å². The Hall–Kier alpha value is -1.13. The van der Waals surface area contributed by atoms with Crippen molar-refractivity contribution in [3.05, 3.63) is 23.5 Å². The quantitative estimate of drug-likeness (QED) is 0.591. The molecule has 0 radical (unpaired) electrons. The van der Waals surface area contributed by atoms with E-state index in [2.05, 4.69) is 0 Å². The Labute approximate surface area is 75.8 Å². The van der Waals surface area contributed by atoms with Crippen molar-refractivity contribution in [3.8, 4) is 0 Å². The lowest BCUT2D eigenvalue weighted by Gasteiger charge is -2.21. The van der Waals surface area contributed by atoms with Gasteiger partial charge in [-0.25, -0.2) is 4.79 Å². The van der Waals surface area contributed by atoms with Crippen molar-refractivity contribution in [3.63, 3.8) is 0 Å². The average molecular weight is 182 g/mol. The Morgan fingerprint density at radius 2 is 2.54 bits per heavy atom. The van der Waals surface area contributed by atoms with Gasteiger partial charge < -0.3 is 14.2 Å². The third-order valence-electron chi connectivity index (χ3n) is 1.86. The number of fused-ring (bicyclic) bond motifs is 1. The van der Waals surface area contributed by atoms with E-state index in [1.165, 1.54) is 6.08 Å². The van der Waals surface area contributed by atoms with Crippen molar-refractivity contribution in [2.45, 2.75) is 13.2 Å². The van der Waals surface area contributed by atoms with E-state index < -0.39 is 6.29 Å². The fourth-order valence-electron chi connectivity index (χ4n) is 1.33. The maximum atomic E-state index is 10.9. The summed E-state index contributed by atoms with van der Waals surface area (Å²) in [5.74, 6) is 0.228. The van der Waals surface area contributed by atoms with E-state index in [0.717, 1.165) is 0 Å². The van der Waals surface area contributed by atoms with Crippen LogP contribution < -0.4 is 0 Å². The summed E-state index contributed by atoms with van der Waals surface area (Å²) in [6.45, 7) is 2.84. The number of hydrogen-bond acceptors (Lipinski definition) is 4. The maximum Gasteiger partial charge on any atom is 0.336 e. The van der Waals surface area contributed by atoms with E-state index in [0.29, 0.717) is 24.5 Å². The van der Waals surface area contributed by atoms with Crippen LogP contribution in [0.1, 0.15) is 6.92 Å². The third-order valence-corrected chi connectivity index (χ3v) is 1.86. The SMILES string of the molecule is CCO[C@H]1OCC=C2OC(=O)C=C21. The Morgan fingerprint density at radius 3 is 3.31 bits per heavy atom. The van der Waals surface area contributed by atoms with E-state index in [1.807, 2.05) is 6.92 Å². The molecule has 4 nitrogen and oxygen atoms in total. The van der Waals surface area contributed by atoms with Crippen molar-refractivity contribution in [2.75, 3.05) is 13.2 Å². The lowest BCUT2D eigenvalue weighted by Crippen LogP contribution is -2.23. The molecule has 0 aliphatic carbocycles. The molecule has 0 bridgehead atoms. The summed E-state index contributed by atoms with van der Waals surface area (Å²) in [4.78, 5) is 10.9. The molecule has 0 aromatic heterocycles. The van der Waals surface area contributed by atoms with E-state index in [9.17, 15) is 4.79 Å². The molecule has 2 aliphatic heterocycles. The molecule has 0 saturated heterocycles. The third kappa shape index (κ3) is 1.50. The first-order valence-corrected chi connectivity index (χ1v) is 4.18. The highest BCUT2D eigenvalue weighted by Crippen LogP contribution is 2.28. The van der Waals surface area contributed by atoms with Gasteiger partial charge in [0.15, 0.2) is 6.29 Å². The first kappa shape index (κ1) is 8.47. The standard InChI is InChI=1S/C9H10O4/c1-2-11-9-6-5-8(10)13-7(6)3-4-12-9/h3,5,9H,2,4H2,1H3/t9-/m0/s1. The first-order chi connectivity index (χ1) is 6.31. The van der Waals surface area contributed by atoms with E-state index >= 15 is 0 Å². The van der Waals surface area contributed by atoms with Crippen LogP contribution in [0.4, 0.5) is 0 Å². The molecule has 2 aliphatic rings. The molecule has 1 atom stereocenters. The largest absolute Gasteiger partial charge is 0.423 e. The molecule has 0 fully saturated rings. The molecule has 0 N–H and O–H groups in total. The molecule has 13 heavy (non-hydrogen) atoms. The van der Waals surface area contributed by atoms with Crippen LogP contribution in [-0.4, -0.2) is 25.5 Å². The Bertz CT molecular complexity index is 290. The summed E-state index contributed by atoms with van der Waals surface area (Å²) < 4.78 is 15.5. The molecule has 4 heteroatoms. The van der Waals surface area contributed by atoms with Crippen LogP contribution in [0, 0.1) is 0 Å². The zero-order chi connectivity index (χ0) is 9.26. The Balaban J connectivity index is 2.21. The van der Waals surface area contributed by atoms with Gasteiger partial charge >= 0.3 is 5.97 Å². The highest BCUT2D eigenvalue weighted by molar-refractivity contribution is 5.88. The Kier molecular flexibility index (Phi) is 2.16. The molecule has 2 heterocycles. The minimum atomic E-state index is -0.448. The van der Waals surface area contributed by atoms with Crippen molar-refractivity contribution in [1.29, 1.82) is 0 Å². The number of rotatable bonds is 2. The second kappa shape index (κ2) is 3.32. The van der Waals surface area contributed by atoms with Crippen molar-refractivity contribution in [2.24, 2.45) is 0 Å². The topological polar surface area (TPSA) is 44.8 Å². The van der Waals surface area contributed by atoms with Gasteiger partial charge in [-0.2, -0.15) is 0 Å². The summed E-state index contributed by atoms with van der Waals surface area (Å²) in [6, 6.07) is 0. The summed E-state index contributed by atoms with van der Waals surface area (Å²) in [6.07, 6.45) is 2.69. The van der Waals surface area contributed by atoms with Gasteiger partial charge in [0.05, 0.1) is 12.2 Å². The van der Waals surface area contributed by atoms with Crippen molar-refractivity contribution in [1.82, 2.24) is 0 Å². The predicted molar refractivity (Wildman–Crippen MR) is 43.6 cm³/mol. The van der Waals surface area contributed by atoms with Crippen molar-refractivity contribution < 1.29 is 19.0 Å². The predicted octanol–water partition coefficient (Wildman–Crippen LogP) is 0.746. The molecule has 70 valence electrons. The van der Waals surface area contributed by atoms with Gasteiger partial charge in [-0.1, -0.05) is 0 Å². The van der Waals surface area contributed by atoms with Crippen LogP contribution in [0.3, 0.4) is 0 Å². The molecule has 0 aromatic rings. The zero-order valence-corrected chi connectivity index (χ0v) is 7.28. The van der Waals surface area contributed by atoms with E-state index in [-0.39, 0.29) is 5.97 Å². The molecule has 0 amide bonds. The number of ether oxygens (including phenoxy) is 3. The highest BCUT2D eigenvalue weighted by Gasteiger charge is 2.30. The Morgan fingerprint density at radius 1 is 1.69 bits per heavy atom. The van der Waals surface area contributed by atoms with Crippen LogP contribution in [0.25, 0.3) is 0 Å². The van der Waals surface area contributed by atoms with Crippen LogP contribution >= 0.6 is 0 Å². The number of esters is 1. The molecule has 0 spiro atoms. The molecule has 0 saturated carbocycles. The van der Waals surface area contributed by atoms with E-state index in [1.54, 1.807) is 6.08 Å². The minimum absolute atomic E-state index is 0.351. The molecule has 0 unspecified atom stereocenters. The summed E-state index contributed by atoms with van der Waals surface area (Å²) in [5.41, 5.74) is 0.693. The first-order valence-electron chi connectivity index (χ1n) is 4.18. The lowest BCUT2D eigenvalue weighted by molar-refractivity contribution is -0.133. The second-order valence-electron chi connectivity index (χ2n) is 2.71. The summed E-state index contributed by atoms with van der Waals surface area (Å²) >= 11 is 0. The van der Waals surface area contributed by atoms with Crippen molar-refractivity contribution >= 4 is 5.97 Å². The fourth-order valence-corrected chi connectivity index (χ4v) is 1.33. The van der Waals surface area contributed by atoms with Crippen LogP contribution in [-0.2, 0) is 19.0 Å². The van der Waals surface area contributed by atoms with Gasteiger partial charge in [-0.3, -0.25) is 0 Å². The molecule has 0 aromatic carbocycles. The monoisotopic (exact) mass is 182 g/mol. The molecular formula is C9H10O4. The van der Waals surface area contributed by atoms with Gasteiger partial charge in [0.2, 0.25) is 0 Å². The van der Waals surface area contributed by atoms with Crippen LogP contribution in [0.5, 0.6) is 0 Å². The van der Waals surface area contributed by atoms with Crippen LogP contribution in [0.15, 0.2) is 23.5 Å².